The SMILES string of the molecule is N#Cc1n[nH]c([C@@H]2N[C@H](CO)[C@@H](O)[C@H]2O)c1N. The van der Waals surface area contributed by atoms with E-state index in [1.54, 1.807) is 6.07 Å². The first-order valence-electron chi connectivity index (χ1n) is 5.07. The van der Waals surface area contributed by atoms with Crippen LogP contribution in [-0.4, -0.2) is 50.4 Å². The van der Waals surface area contributed by atoms with E-state index in [4.69, 9.17) is 16.1 Å². The van der Waals surface area contributed by atoms with E-state index in [-0.39, 0.29) is 18.0 Å². The number of aliphatic hydroxyl groups excluding tert-OH is 3. The standard InChI is InChI=1S/C9H13N5O3/c10-1-3-5(11)6(14-13-3)7-9(17)8(16)4(2-15)12-7/h4,7-9,12,15-17H,2,11H2,(H,13,14)/t4-,7+,8-,9+/m1/s1. The number of rotatable bonds is 2. The van der Waals surface area contributed by atoms with Crippen molar-refractivity contribution in [3.05, 3.63) is 11.4 Å². The van der Waals surface area contributed by atoms with Gasteiger partial charge >= 0.3 is 0 Å². The number of hydrogen-bond acceptors (Lipinski definition) is 7. The van der Waals surface area contributed by atoms with Gasteiger partial charge in [0.2, 0.25) is 0 Å². The van der Waals surface area contributed by atoms with Crippen molar-refractivity contribution in [2.75, 3.05) is 12.3 Å². The number of nitrogens with zero attached hydrogens (tertiary/aromatic N) is 2. The lowest BCUT2D eigenvalue weighted by Crippen LogP contribution is -2.35. The normalized spacial score (nSPS) is 32.6. The molecule has 1 aromatic heterocycles. The van der Waals surface area contributed by atoms with E-state index in [1.807, 2.05) is 0 Å². The topological polar surface area (TPSA) is 151 Å². The number of aliphatic hydroxyl groups is 3. The van der Waals surface area contributed by atoms with Crippen molar-refractivity contribution < 1.29 is 15.3 Å². The lowest BCUT2D eigenvalue weighted by atomic mass is 10.0. The molecule has 0 aromatic carbocycles. The van der Waals surface area contributed by atoms with Crippen molar-refractivity contribution >= 4 is 5.69 Å². The molecule has 2 heterocycles. The van der Waals surface area contributed by atoms with E-state index in [0.717, 1.165) is 0 Å². The Bertz CT molecular complexity index is 454. The molecule has 0 unspecified atom stereocenters. The van der Waals surface area contributed by atoms with Crippen LogP contribution >= 0.6 is 0 Å². The molecule has 8 nitrogen and oxygen atoms in total. The van der Waals surface area contributed by atoms with Crippen molar-refractivity contribution in [1.29, 1.82) is 5.26 Å². The Morgan fingerprint density at radius 3 is 2.59 bits per heavy atom. The number of nitrogen functional groups attached to an aromatic ring is 1. The molecular formula is C9H13N5O3. The smallest absolute Gasteiger partial charge is 0.185 e. The molecule has 92 valence electrons. The number of aromatic amines is 1. The van der Waals surface area contributed by atoms with Crippen LogP contribution in [0, 0.1) is 11.3 Å². The highest BCUT2D eigenvalue weighted by Crippen LogP contribution is 2.30. The average Bonchev–Trinajstić information content (AvgIpc) is 2.82. The van der Waals surface area contributed by atoms with Crippen LogP contribution < -0.4 is 11.1 Å². The molecule has 1 fully saturated rings. The Balaban J connectivity index is 2.29. The first-order chi connectivity index (χ1) is 8.10. The van der Waals surface area contributed by atoms with Crippen LogP contribution in [0.3, 0.4) is 0 Å². The Kier molecular flexibility index (Phi) is 2.99. The fraction of sp³-hybridized carbons (Fsp3) is 0.556. The maximum atomic E-state index is 9.81. The molecule has 17 heavy (non-hydrogen) atoms. The summed E-state index contributed by atoms with van der Waals surface area (Å²) >= 11 is 0. The van der Waals surface area contributed by atoms with Crippen molar-refractivity contribution in [2.24, 2.45) is 0 Å². The molecule has 1 aliphatic rings. The van der Waals surface area contributed by atoms with Crippen LogP contribution in [0.15, 0.2) is 0 Å². The number of anilines is 1. The third-order valence-corrected chi connectivity index (χ3v) is 2.94. The van der Waals surface area contributed by atoms with Gasteiger partial charge in [-0.25, -0.2) is 0 Å². The molecular weight excluding hydrogens is 226 g/mol. The van der Waals surface area contributed by atoms with E-state index >= 15 is 0 Å². The summed E-state index contributed by atoms with van der Waals surface area (Å²) in [6.45, 7) is -0.312. The summed E-state index contributed by atoms with van der Waals surface area (Å²) in [4.78, 5) is 0. The van der Waals surface area contributed by atoms with Gasteiger partial charge in [-0.05, 0) is 0 Å². The summed E-state index contributed by atoms with van der Waals surface area (Å²) in [7, 11) is 0. The third-order valence-electron chi connectivity index (χ3n) is 2.94. The summed E-state index contributed by atoms with van der Waals surface area (Å²) < 4.78 is 0. The molecule has 1 aromatic rings. The highest BCUT2D eigenvalue weighted by atomic mass is 16.3. The Morgan fingerprint density at radius 2 is 2.12 bits per heavy atom. The van der Waals surface area contributed by atoms with Crippen molar-refractivity contribution in [1.82, 2.24) is 15.5 Å². The van der Waals surface area contributed by atoms with E-state index in [9.17, 15) is 10.2 Å². The lowest BCUT2D eigenvalue weighted by molar-refractivity contribution is 0.0191. The zero-order valence-corrected chi connectivity index (χ0v) is 8.83. The van der Waals surface area contributed by atoms with Gasteiger partial charge in [-0.3, -0.25) is 10.4 Å². The molecule has 2 rings (SSSR count). The van der Waals surface area contributed by atoms with Crippen LogP contribution in [0.4, 0.5) is 5.69 Å². The number of nitrogens with two attached hydrogens (primary N) is 1. The summed E-state index contributed by atoms with van der Waals surface area (Å²) in [5.41, 5.74) is 6.19. The fourth-order valence-electron chi connectivity index (χ4n) is 1.96. The second-order valence-electron chi connectivity index (χ2n) is 3.93. The Hall–Kier alpha value is -1.66. The molecule has 0 amide bonds. The molecule has 8 heteroatoms. The largest absolute Gasteiger partial charge is 0.395 e. The van der Waals surface area contributed by atoms with Crippen molar-refractivity contribution in [3.8, 4) is 6.07 Å². The first kappa shape index (κ1) is 11.8. The number of H-pyrrole nitrogens is 1. The van der Waals surface area contributed by atoms with Crippen LogP contribution in [0.25, 0.3) is 0 Å². The summed E-state index contributed by atoms with van der Waals surface area (Å²) in [6, 6.07) is 0.482. The van der Waals surface area contributed by atoms with Gasteiger partial charge < -0.3 is 21.1 Å². The predicted molar refractivity (Wildman–Crippen MR) is 56.5 cm³/mol. The zero-order chi connectivity index (χ0) is 12.6. The van der Waals surface area contributed by atoms with E-state index in [2.05, 4.69) is 15.5 Å². The minimum atomic E-state index is -1.12. The minimum absolute atomic E-state index is 0.0379. The lowest BCUT2D eigenvalue weighted by Gasteiger charge is -2.14. The molecule has 0 radical (unpaired) electrons. The van der Waals surface area contributed by atoms with Gasteiger partial charge in [-0.2, -0.15) is 10.4 Å². The number of nitriles is 1. The van der Waals surface area contributed by atoms with E-state index < -0.39 is 24.3 Å². The maximum Gasteiger partial charge on any atom is 0.185 e. The summed E-state index contributed by atoms with van der Waals surface area (Å²) in [5.74, 6) is 0. The maximum absolute atomic E-state index is 9.81. The van der Waals surface area contributed by atoms with Crippen LogP contribution in [0.1, 0.15) is 17.4 Å². The predicted octanol–water partition coefficient (Wildman–Crippen LogP) is -2.41. The minimum Gasteiger partial charge on any atom is -0.395 e. The molecule has 0 saturated carbocycles. The van der Waals surface area contributed by atoms with Gasteiger partial charge in [0.05, 0.1) is 36.2 Å². The van der Waals surface area contributed by atoms with Gasteiger partial charge in [0, 0.05) is 0 Å². The molecule has 0 spiro atoms. The van der Waals surface area contributed by atoms with Crippen LogP contribution in [-0.2, 0) is 0 Å². The van der Waals surface area contributed by atoms with Gasteiger partial charge in [-0.1, -0.05) is 0 Å². The monoisotopic (exact) mass is 239 g/mol. The summed E-state index contributed by atoms with van der Waals surface area (Å²) in [6.07, 6.45) is -2.22. The van der Waals surface area contributed by atoms with Gasteiger partial charge in [0.15, 0.2) is 5.69 Å². The molecule has 7 N–H and O–H groups in total. The van der Waals surface area contributed by atoms with E-state index in [1.165, 1.54) is 0 Å². The molecule has 1 saturated heterocycles. The third kappa shape index (κ3) is 1.75. The van der Waals surface area contributed by atoms with Gasteiger partial charge in [-0.15, -0.1) is 0 Å². The highest BCUT2D eigenvalue weighted by Gasteiger charge is 2.43. The number of hydrogen-bond donors (Lipinski definition) is 6. The number of nitrogens with one attached hydrogen (secondary N) is 2. The van der Waals surface area contributed by atoms with Gasteiger partial charge in [0.1, 0.15) is 12.2 Å². The quantitative estimate of drug-likeness (QED) is 0.336. The summed E-state index contributed by atoms with van der Waals surface area (Å²) in [5, 5.41) is 46.2. The molecule has 1 aliphatic heterocycles. The zero-order valence-electron chi connectivity index (χ0n) is 8.83. The molecule has 0 aliphatic carbocycles. The van der Waals surface area contributed by atoms with Crippen molar-refractivity contribution in [2.45, 2.75) is 24.3 Å². The second-order valence-corrected chi connectivity index (χ2v) is 3.93. The van der Waals surface area contributed by atoms with E-state index in [0.29, 0.717) is 5.69 Å². The van der Waals surface area contributed by atoms with Crippen molar-refractivity contribution in [3.63, 3.8) is 0 Å². The number of aromatic nitrogens is 2. The Morgan fingerprint density at radius 1 is 1.41 bits per heavy atom. The first-order valence-corrected chi connectivity index (χ1v) is 5.07. The second kappa shape index (κ2) is 4.31. The Labute approximate surface area is 96.7 Å². The average molecular weight is 239 g/mol. The van der Waals surface area contributed by atoms with Gasteiger partial charge in [0.25, 0.3) is 0 Å². The highest BCUT2D eigenvalue weighted by molar-refractivity contribution is 5.55. The fourth-order valence-corrected chi connectivity index (χ4v) is 1.96. The van der Waals surface area contributed by atoms with Crippen LogP contribution in [0.2, 0.25) is 0 Å². The molecule has 4 atom stereocenters. The van der Waals surface area contributed by atoms with Crippen LogP contribution in [0.5, 0.6) is 0 Å². The molecule has 0 bridgehead atoms.